The Kier molecular flexibility index (Phi) is 3.00. The van der Waals surface area contributed by atoms with E-state index in [0.29, 0.717) is 5.56 Å². The molecule has 1 nitrogen and oxygen atoms in total. The number of benzene rings is 1. The lowest BCUT2D eigenvalue weighted by atomic mass is 9.95. The molecular formula is C10H12ClF2N. The maximum Gasteiger partial charge on any atom is 0.179 e. The fraction of sp³-hybridized carbons (Fsp3) is 0.400. The summed E-state index contributed by atoms with van der Waals surface area (Å²) in [5, 5.41) is -0.322. The highest BCUT2D eigenvalue weighted by Gasteiger charge is 2.20. The van der Waals surface area contributed by atoms with Gasteiger partial charge in [-0.05, 0) is 24.0 Å². The van der Waals surface area contributed by atoms with Crippen LogP contribution in [0, 0.1) is 18.6 Å². The number of hydrogen-bond acceptors (Lipinski definition) is 1. The van der Waals surface area contributed by atoms with Crippen molar-refractivity contribution in [1.82, 2.24) is 0 Å². The molecule has 0 aliphatic carbocycles. The van der Waals surface area contributed by atoms with E-state index in [4.69, 9.17) is 17.3 Å². The molecule has 4 heteroatoms. The predicted octanol–water partition coefficient (Wildman–Crippen LogP) is 3.63. The average molecular weight is 220 g/mol. The smallest absolute Gasteiger partial charge is 0.179 e. The summed E-state index contributed by atoms with van der Waals surface area (Å²) in [6.45, 7) is 5.21. The molecule has 2 N–H and O–H groups in total. The first-order valence-electron chi connectivity index (χ1n) is 4.30. The van der Waals surface area contributed by atoms with Gasteiger partial charge in [0.25, 0.3) is 0 Å². The van der Waals surface area contributed by atoms with Crippen LogP contribution in [0.2, 0.25) is 5.02 Å². The van der Waals surface area contributed by atoms with Crippen molar-refractivity contribution in [3.05, 3.63) is 27.8 Å². The van der Waals surface area contributed by atoms with E-state index in [1.807, 2.05) is 13.8 Å². The molecule has 78 valence electrons. The van der Waals surface area contributed by atoms with Crippen molar-refractivity contribution in [2.75, 3.05) is 5.73 Å². The minimum Gasteiger partial charge on any atom is -0.397 e. The maximum absolute atomic E-state index is 13.3. The summed E-state index contributed by atoms with van der Waals surface area (Å²) in [6, 6.07) is 0. The van der Waals surface area contributed by atoms with Crippen molar-refractivity contribution in [1.29, 1.82) is 0 Å². The molecule has 0 radical (unpaired) electrons. The van der Waals surface area contributed by atoms with E-state index >= 15 is 0 Å². The fourth-order valence-electron chi connectivity index (χ4n) is 1.56. The molecule has 0 heterocycles. The Balaban J connectivity index is 3.60. The minimum atomic E-state index is -1.06. The molecule has 0 bridgehead atoms. The standard InChI is InChI=1S/C10H12ClF2N/c1-4(2)6-5(3)8(12)9(13)7(11)10(6)14/h4H,14H2,1-3H3. The van der Waals surface area contributed by atoms with Gasteiger partial charge in [0, 0.05) is 0 Å². The summed E-state index contributed by atoms with van der Waals surface area (Å²) in [6.07, 6.45) is 0. The zero-order chi connectivity index (χ0) is 11.0. The molecule has 0 aliphatic heterocycles. The normalized spacial score (nSPS) is 11.1. The van der Waals surface area contributed by atoms with Crippen LogP contribution in [0.1, 0.15) is 30.9 Å². The Hall–Kier alpha value is -0.830. The Morgan fingerprint density at radius 2 is 1.71 bits per heavy atom. The van der Waals surface area contributed by atoms with Crippen molar-refractivity contribution < 1.29 is 8.78 Å². The van der Waals surface area contributed by atoms with Gasteiger partial charge in [-0.25, -0.2) is 8.78 Å². The first-order valence-corrected chi connectivity index (χ1v) is 4.68. The lowest BCUT2D eigenvalue weighted by Crippen LogP contribution is -2.05. The number of anilines is 1. The zero-order valence-corrected chi connectivity index (χ0v) is 9.04. The minimum absolute atomic E-state index is 0.0163. The van der Waals surface area contributed by atoms with Crippen LogP contribution in [0.15, 0.2) is 0 Å². The molecule has 1 aromatic carbocycles. The molecule has 14 heavy (non-hydrogen) atoms. The SMILES string of the molecule is Cc1c(F)c(F)c(Cl)c(N)c1C(C)C. The third-order valence-corrected chi connectivity index (χ3v) is 2.59. The quantitative estimate of drug-likeness (QED) is 0.567. The van der Waals surface area contributed by atoms with Gasteiger partial charge in [0.2, 0.25) is 0 Å². The Morgan fingerprint density at radius 3 is 2.14 bits per heavy atom. The number of nitrogens with two attached hydrogens (primary N) is 1. The second-order valence-electron chi connectivity index (χ2n) is 3.55. The lowest BCUT2D eigenvalue weighted by molar-refractivity contribution is 0.501. The van der Waals surface area contributed by atoms with E-state index in [1.54, 1.807) is 0 Å². The van der Waals surface area contributed by atoms with Crippen LogP contribution in [-0.2, 0) is 0 Å². The van der Waals surface area contributed by atoms with Crippen LogP contribution in [0.3, 0.4) is 0 Å². The second kappa shape index (κ2) is 3.73. The van der Waals surface area contributed by atoms with Crippen LogP contribution in [0.4, 0.5) is 14.5 Å². The van der Waals surface area contributed by atoms with E-state index in [1.165, 1.54) is 6.92 Å². The van der Waals surface area contributed by atoms with E-state index < -0.39 is 11.6 Å². The number of halogens is 3. The van der Waals surface area contributed by atoms with Crippen molar-refractivity contribution in [2.45, 2.75) is 26.7 Å². The molecule has 0 unspecified atom stereocenters. The van der Waals surface area contributed by atoms with E-state index in [0.717, 1.165) is 0 Å². The summed E-state index contributed by atoms with van der Waals surface area (Å²) in [5.74, 6) is -1.96. The Bertz CT molecular complexity index is 346. The molecule has 0 aliphatic rings. The topological polar surface area (TPSA) is 26.0 Å². The number of hydrogen-bond donors (Lipinski definition) is 1. The molecule has 0 saturated carbocycles. The maximum atomic E-state index is 13.3. The zero-order valence-electron chi connectivity index (χ0n) is 8.29. The summed E-state index contributed by atoms with van der Waals surface area (Å²) in [7, 11) is 0. The van der Waals surface area contributed by atoms with Crippen molar-refractivity contribution in [2.24, 2.45) is 0 Å². The van der Waals surface area contributed by atoms with Gasteiger partial charge in [-0.2, -0.15) is 0 Å². The highest BCUT2D eigenvalue weighted by Crippen LogP contribution is 2.35. The van der Waals surface area contributed by atoms with Gasteiger partial charge >= 0.3 is 0 Å². The van der Waals surface area contributed by atoms with E-state index in [2.05, 4.69) is 0 Å². The fourth-order valence-corrected chi connectivity index (χ4v) is 1.75. The molecule has 0 saturated heterocycles. The molecule has 1 aromatic rings. The average Bonchev–Trinajstić information content (AvgIpc) is 2.11. The van der Waals surface area contributed by atoms with Gasteiger partial charge in [0.1, 0.15) is 5.02 Å². The monoisotopic (exact) mass is 219 g/mol. The van der Waals surface area contributed by atoms with E-state index in [9.17, 15) is 8.78 Å². The van der Waals surface area contributed by atoms with Gasteiger partial charge in [-0.1, -0.05) is 25.4 Å². The molecular weight excluding hydrogens is 208 g/mol. The van der Waals surface area contributed by atoms with Gasteiger partial charge < -0.3 is 5.73 Å². The summed E-state index contributed by atoms with van der Waals surface area (Å²) in [5.41, 5.74) is 6.57. The van der Waals surface area contributed by atoms with Crippen molar-refractivity contribution in [3.8, 4) is 0 Å². The largest absolute Gasteiger partial charge is 0.397 e. The van der Waals surface area contributed by atoms with Crippen molar-refractivity contribution in [3.63, 3.8) is 0 Å². The van der Waals surface area contributed by atoms with Gasteiger partial charge in [0.15, 0.2) is 11.6 Å². The first-order chi connectivity index (χ1) is 6.37. The molecule has 0 aromatic heterocycles. The highest BCUT2D eigenvalue weighted by molar-refractivity contribution is 6.33. The Labute approximate surface area is 86.9 Å². The van der Waals surface area contributed by atoms with E-state index in [-0.39, 0.29) is 22.2 Å². The van der Waals surface area contributed by atoms with Crippen LogP contribution in [-0.4, -0.2) is 0 Å². The molecule has 0 spiro atoms. The van der Waals surface area contributed by atoms with Crippen LogP contribution < -0.4 is 5.73 Å². The lowest BCUT2D eigenvalue weighted by Gasteiger charge is -2.15. The summed E-state index contributed by atoms with van der Waals surface area (Å²) < 4.78 is 26.4. The van der Waals surface area contributed by atoms with Gasteiger partial charge in [0.05, 0.1) is 5.69 Å². The molecule has 0 amide bonds. The summed E-state index contributed by atoms with van der Waals surface area (Å²) in [4.78, 5) is 0. The van der Waals surface area contributed by atoms with Gasteiger partial charge in [-0.15, -0.1) is 0 Å². The predicted molar refractivity (Wildman–Crippen MR) is 54.6 cm³/mol. The molecule has 0 fully saturated rings. The molecule has 1 rings (SSSR count). The number of rotatable bonds is 1. The molecule has 0 atom stereocenters. The van der Waals surface area contributed by atoms with Gasteiger partial charge in [-0.3, -0.25) is 0 Å². The first kappa shape index (κ1) is 11.2. The third kappa shape index (κ3) is 1.57. The number of nitrogen functional groups attached to an aromatic ring is 1. The van der Waals surface area contributed by atoms with Crippen LogP contribution in [0.25, 0.3) is 0 Å². The Morgan fingerprint density at radius 1 is 1.21 bits per heavy atom. The second-order valence-corrected chi connectivity index (χ2v) is 3.93. The highest BCUT2D eigenvalue weighted by atomic mass is 35.5. The van der Waals surface area contributed by atoms with Crippen molar-refractivity contribution >= 4 is 17.3 Å². The van der Waals surface area contributed by atoms with Crippen LogP contribution >= 0.6 is 11.6 Å². The third-order valence-electron chi connectivity index (χ3n) is 2.22. The van der Waals surface area contributed by atoms with Crippen LogP contribution in [0.5, 0.6) is 0 Å². The summed E-state index contributed by atoms with van der Waals surface area (Å²) >= 11 is 5.56.